The van der Waals surface area contributed by atoms with Gasteiger partial charge in [-0.25, -0.2) is 0 Å². The first kappa shape index (κ1) is 12.2. The van der Waals surface area contributed by atoms with Crippen molar-refractivity contribution in [2.45, 2.75) is 19.4 Å². The summed E-state index contributed by atoms with van der Waals surface area (Å²) in [5, 5.41) is 12.4. The Morgan fingerprint density at radius 1 is 1.64 bits per heavy atom. The van der Waals surface area contributed by atoms with Gasteiger partial charge in [-0.2, -0.15) is 0 Å². The molecule has 0 spiro atoms. The highest BCUT2D eigenvalue weighted by molar-refractivity contribution is 9.10. The minimum absolute atomic E-state index is 0.123. The second kappa shape index (κ2) is 4.75. The molecular formula is C10H15BrO2S. The first-order valence-electron chi connectivity index (χ1n) is 4.47. The van der Waals surface area contributed by atoms with Gasteiger partial charge in [-0.1, -0.05) is 13.8 Å². The Hall–Kier alpha value is 0.100. The summed E-state index contributed by atoms with van der Waals surface area (Å²) in [5.41, 5.74) is -0.887. The van der Waals surface area contributed by atoms with Gasteiger partial charge in [0, 0.05) is 11.6 Å². The third kappa shape index (κ3) is 2.19. The lowest BCUT2D eigenvalue weighted by molar-refractivity contribution is -0.0677. The van der Waals surface area contributed by atoms with Crippen molar-refractivity contribution in [3.63, 3.8) is 0 Å². The molecule has 0 saturated carbocycles. The first-order valence-corrected chi connectivity index (χ1v) is 6.14. The Morgan fingerprint density at radius 3 is 2.64 bits per heavy atom. The summed E-state index contributed by atoms with van der Waals surface area (Å²) in [6.07, 6.45) is 0. The highest BCUT2D eigenvalue weighted by Crippen LogP contribution is 2.38. The van der Waals surface area contributed by atoms with E-state index in [1.807, 2.05) is 25.3 Å². The number of hydrogen-bond acceptors (Lipinski definition) is 3. The van der Waals surface area contributed by atoms with E-state index < -0.39 is 5.60 Å². The maximum absolute atomic E-state index is 10.5. The second-order valence-electron chi connectivity index (χ2n) is 3.61. The van der Waals surface area contributed by atoms with Crippen molar-refractivity contribution in [2.24, 2.45) is 5.92 Å². The molecule has 0 bridgehead atoms. The standard InChI is InChI=1S/C10H15BrO2S/c1-7(2)10(12,6-13-3)9-8(11)4-5-14-9/h4-5,7,12H,6H2,1-3H3. The van der Waals surface area contributed by atoms with Crippen LogP contribution in [0.2, 0.25) is 0 Å². The third-order valence-electron chi connectivity index (χ3n) is 2.33. The van der Waals surface area contributed by atoms with Crippen molar-refractivity contribution in [1.82, 2.24) is 0 Å². The van der Waals surface area contributed by atoms with E-state index in [4.69, 9.17) is 4.74 Å². The lowest BCUT2D eigenvalue weighted by atomic mass is 9.89. The smallest absolute Gasteiger partial charge is 0.125 e. The molecule has 0 aliphatic heterocycles. The van der Waals surface area contributed by atoms with Crippen molar-refractivity contribution in [1.29, 1.82) is 0 Å². The molecule has 1 heterocycles. The molecule has 80 valence electrons. The monoisotopic (exact) mass is 278 g/mol. The molecule has 1 aromatic rings. The highest BCUT2D eigenvalue weighted by atomic mass is 79.9. The van der Waals surface area contributed by atoms with Gasteiger partial charge >= 0.3 is 0 Å². The fraction of sp³-hybridized carbons (Fsp3) is 0.600. The van der Waals surface area contributed by atoms with E-state index in [1.54, 1.807) is 18.4 Å². The lowest BCUT2D eigenvalue weighted by Gasteiger charge is -2.30. The van der Waals surface area contributed by atoms with Crippen LogP contribution in [0.3, 0.4) is 0 Å². The molecule has 1 atom stereocenters. The van der Waals surface area contributed by atoms with E-state index in [2.05, 4.69) is 15.9 Å². The number of halogens is 1. The van der Waals surface area contributed by atoms with E-state index in [0.717, 1.165) is 9.35 Å². The molecule has 1 rings (SSSR count). The largest absolute Gasteiger partial charge is 0.382 e. The molecule has 0 aliphatic carbocycles. The topological polar surface area (TPSA) is 29.5 Å². The molecule has 1 unspecified atom stereocenters. The summed E-state index contributed by atoms with van der Waals surface area (Å²) < 4.78 is 6.04. The molecule has 1 aromatic heterocycles. The van der Waals surface area contributed by atoms with Crippen LogP contribution in [0.4, 0.5) is 0 Å². The van der Waals surface area contributed by atoms with Gasteiger partial charge in [0.2, 0.25) is 0 Å². The van der Waals surface area contributed by atoms with E-state index >= 15 is 0 Å². The summed E-state index contributed by atoms with van der Waals surface area (Å²) >= 11 is 4.98. The molecule has 0 radical (unpaired) electrons. The van der Waals surface area contributed by atoms with Crippen molar-refractivity contribution < 1.29 is 9.84 Å². The summed E-state index contributed by atoms with van der Waals surface area (Å²) in [7, 11) is 1.61. The Bertz CT molecular complexity index is 298. The van der Waals surface area contributed by atoms with Crippen molar-refractivity contribution in [2.75, 3.05) is 13.7 Å². The predicted molar refractivity (Wildman–Crippen MR) is 62.6 cm³/mol. The van der Waals surface area contributed by atoms with Gasteiger partial charge in [0.05, 0.1) is 11.5 Å². The van der Waals surface area contributed by atoms with Crippen LogP contribution in [-0.2, 0) is 10.3 Å². The van der Waals surface area contributed by atoms with Gasteiger partial charge in [0.15, 0.2) is 0 Å². The van der Waals surface area contributed by atoms with E-state index in [1.165, 1.54) is 0 Å². The molecule has 0 aromatic carbocycles. The number of aliphatic hydroxyl groups is 1. The van der Waals surface area contributed by atoms with E-state index in [9.17, 15) is 5.11 Å². The van der Waals surface area contributed by atoms with Gasteiger partial charge in [-0.05, 0) is 33.3 Å². The number of methoxy groups -OCH3 is 1. The van der Waals surface area contributed by atoms with Gasteiger partial charge in [0.25, 0.3) is 0 Å². The van der Waals surface area contributed by atoms with Gasteiger partial charge in [-0.3, -0.25) is 0 Å². The zero-order valence-corrected chi connectivity index (χ0v) is 11.0. The van der Waals surface area contributed by atoms with Crippen molar-refractivity contribution >= 4 is 27.3 Å². The average Bonchev–Trinajstić information content (AvgIpc) is 2.51. The molecule has 0 saturated heterocycles. The zero-order chi connectivity index (χ0) is 10.8. The Morgan fingerprint density at radius 2 is 2.29 bits per heavy atom. The van der Waals surface area contributed by atoms with Crippen LogP contribution in [0.25, 0.3) is 0 Å². The molecule has 0 fully saturated rings. The molecule has 1 N–H and O–H groups in total. The van der Waals surface area contributed by atoms with E-state index in [-0.39, 0.29) is 5.92 Å². The Labute approximate surface area is 97.0 Å². The molecular weight excluding hydrogens is 264 g/mol. The van der Waals surface area contributed by atoms with Crippen LogP contribution < -0.4 is 0 Å². The quantitative estimate of drug-likeness (QED) is 0.918. The summed E-state index contributed by atoms with van der Waals surface area (Å²) in [6.45, 7) is 4.31. The molecule has 0 amide bonds. The normalized spacial score (nSPS) is 15.9. The molecule has 14 heavy (non-hydrogen) atoms. The average molecular weight is 279 g/mol. The first-order chi connectivity index (χ1) is 6.52. The SMILES string of the molecule is COCC(O)(c1sccc1Br)C(C)C. The van der Waals surface area contributed by atoms with Crippen LogP contribution in [0, 0.1) is 5.92 Å². The minimum Gasteiger partial charge on any atom is -0.382 e. The van der Waals surface area contributed by atoms with Crippen LogP contribution in [-0.4, -0.2) is 18.8 Å². The second-order valence-corrected chi connectivity index (χ2v) is 5.38. The summed E-state index contributed by atoms with van der Waals surface area (Å²) in [4.78, 5) is 0.939. The van der Waals surface area contributed by atoms with Crippen LogP contribution in [0.15, 0.2) is 15.9 Å². The third-order valence-corrected chi connectivity index (χ3v) is 4.33. The lowest BCUT2D eigenvalue weighted by Crippen LogP contribution is -2.36. The minimum atomic E-state index is -0.887. The number of hydrogen-bond donors (Lipinski definition) is 1. The van der Waals surface area contributed by atoms with Crippen LogP contribution >= 0.6 is 27.3 Å². The molecule has 4 heteroatoms. The number of ether oxygens (including phenoxy) is 1. The van der Waals surface area contributed by atoms with Crippen LogP contribution in [0.1, 0.15) is 18.7 Å². The van der Waals surface area contributed by atoms with Crippen LogP contribution in [0.5, 0.6) is 0 Å². The summed E-state index contributed by atoms with van der Waals surface area (Å²) in [6, 6.07) is 1.95. The molecule has 0 aliphatic rings. The van der Waals surface area contributed by atoms with Crippen molar-refractivity contribution in [3.05, 3.63) is 20.8 Å². The Kier molecular flexibility index (Phi) is 4.13. The fourth-order valence-corrected chi connectivity index (χ4v) is 3.27. The van der Waals surface area contributed by atoms with Crippen molar-refractivity contribution in [3.8, 4) is 0 Å². The fourth-order valence-electron chi connectivity index (χ4n) is 1.32. The predicted octanol–water partition coefficient (Wildman–Crippen LogP) is 3.00. The van der Waals surface area contributed by atoms with Gasteiger partial charge in [-0.15, -0.1) is 11.3 Å². The number of thiophene rings is 1. The number of rotatable bonds is 4. The van der Waals surface area contributed by atoms with Gasteiger partial charge < -0.3 is 9.84 Å². The Balaban J connectivity index is 3.05. The summed E-state index contributed by atoms with van der Waals surface area (Å²) in [5.74, 6) is 0.123. The zero-order valence-electron chi connectivity index (χ0n) is 8.58. The maximum Gasteiger partial charge on any atom is 0.125 e. The maximum atomic E-state index is 10.5. The van der Waals surface area contributed by atoms with Gasteiger partial charge in [0.1, 0.15) is 5.60 Å². The molecule has 2 nitrogen and oxygen atoms in total. The van der Waals surface area contributed by atoms with E-state index in [0.29, 0.717) is 6.61 Å². The highest BCUT2D eigenvalue weighted by Gasteiger charge is 2.35.